The zero-order valence-corrected chi connectivity index (χ0v) is 17.1. The topological polar surface area (TPSA) is 131 Å². The van der Waals surface area contributed by atoms with E-state index in [1.807, 2.05) is 0 Å². The molecule has 1 fully saturated rings. The quantitative estimate of drug-likeness (QED) is 0.610. The first-order chi connectivity index (χ1) is 14.4. The van der Waals surface area contributed by atoms with Crippen molar-refractivity contribution in [2.24, 2.45) is 5.92 Å². The number of nitrogens with one attached hydrogen (secondary N) is 2. The van der Waals surface area contributed by atoms with Gasteiger partial charge >= 0.3 is 18.2 Å². The minimum absolute atomic E-state index is 0.0679. The predicted molar refractivity (Wildman–Crippen MR) is 98.9 cm³/mol. The van der Waals surface area contributed by atoms with Crippen molar-refractivity contribution in [3.05, 3.63) is 34.9 Å². The molecule has 13 heteroatoms. The van der Waals surface area contributed by atoms with Gasteiger partial charge in [0, 0.05) is 23.1 Å². The smallest absolute Gasteiger partial charge is 0.437 e. The van der Waals surface area contributed by atoms with Crippen LogP contribution in [0.2, 0.25) is 0 Å². The fourth-order valence-electron chi connectivity index (χ4n) is 3.49. The van der Waals surface area contributed by atoms with Gasteiger partial charge in [-0.05, 0) is 33.8 Å². The van der Waals surface area contributed by atoms with Crippen LogP contribution >= 0.6 is 0 Å². The summed E-state index contributed by atoms with van der Waals surface area (Å²) < 4.78 is 47.3. The van der Waals surface area contributed by atoms with Gasteiger partial charge in [0.1, 0.15) is 5.92 Å². The number of aryl methyl sites for hydroxylation is 3. The number of amides is 2. The molecule has 0 aliphatic carbocycles. The molecule has 3 rings (SSSR count). The summed E-state index contributed by atoms with van der Waals surface area (Å²) in [6.45, 7) is 6.15. The van der Waals surface area contributed by atoms with Crippen molar-refractivity contribution in [1.82, 2.24) is 30.4 Å². The van der Waals surface area contributed by atoms with Crippen molar-refractivity contribution in [2.45, 2.75) is 45.6 Å². The number of aliphatic hydroxyl groups is 1. The summed E-state index contributed by atoms with van der Waals surface area (Å²) in [6.07, 6.45) is -4.05. The lowest BCUT2D eigenvalue weighted by Gasteiger charge is -2.44. The average Bonchev–Trinajstić information content (AvgIpc) is 3.01. The summed E-state index contributed by atoms with van der Waals surface area (Å²) in [6, 6.07) is -1.16. The summed E-state index contributed by atoms with van der Waals surface area (Å²) in [7, 11) is 0. The van der Waals surface area contributed by atoms with Crippen molar-refractivity contribution in [1.29, 1.82) is 0 Å². The molecule has 0 aromatic carbocycles. The van der Waals surface area contributed by atoms with Crippen LogP contribution in [0.1, 0.15) is 35.6 Å². The molecule has 168 valence electrons. The van der Waals surface area contributed by atoms with Crippen molar-refractivity contribution in [3.8, 4) is 5.95 Å². The van der Waals surface area contributed by atoms with E-state index in [-0.39, 0.29) is 23.8 Å². The van der Waals surface area contributed by atoms with Crippen LogP contribution in [-0.2, 0) is 9.53 Å². The van der Waals surface area contributed by atoms with Crippen LogP contribution in [-0.4, -0.2) is 55.4 Å². The van der Waals surface area contributed by atoms with Crippen molar-refractivity contribution in [2.75, 3.05) is 6.61 Å². The Morgan fingerprint density at radius 1 is 1.29 bits per heavy atom. The lowest BCUT2D eigenvalue weighted by atomic mass is 9.82. The van der Waals surface area contributed by atoms with Gasteiger partial charge < -0.3 is 20.5 Å². The Morgan fingerprint density at radius 3 is 2.45 bits per heavy atom. The number of esters is 1. The number of carbonyl (C=O) groups is 2. The maximum Gasteiger partial charge on any atom is 0.437 e. The Kier molecular flexibility index (Phi) is 5.65. The molecule has 2 amide bonds. The number of carbonyl (C=O) groups excluding carboxylic acids is 2. The molecular weight excluding hydrogens is 421 g/mol. The first kappa shape index (κ1) is 22.5. The lowest BCUT2D eigenvalue weighted by molar-refractivity contribution is -0.294. The highest BCUT2D eigenvalue weighted by Crippen LogP contribution is 2.43. The molecule has 2 aromatic heterocycles. The molecule has 0 bridgehead atoms. The highest BCUT2D eigenvalue weighted by molar-refractivity contribution is 5.83. The van der Waals surface area contributed by atoms with E-state index >= 15 is 0 Å². The van der Waals surface area contributed by atoms with Gasteiger partial charge in [-0.2, -0.15) is 18.3 Å². The molecule has 3 atom stereocenters. The van der Waals surface area contributed by atoms with Crippen LogP contribution in [0.4, 0.5) is 18.0 Å². The van der Waals surface area contributed by atoms with E-state index in [9.17, 15) is 27.9 Å². The molecule has 2 aromatic rings. The van der Waals surface area contributed by atoms with E-state index in [0.29, 0.717) is 11.4 Å². The maximum atomic E-state index is 13.8. The van der Waals surface area contributed by atoms with Gasteiger partial charge in [-0.1, -0.05) is 0 Å². The SMILES string of the molecule is CCOC(=O)[C@@H]1[C@@H](c2cn(-c3nc(C)cc(C)n3)nc2C)NC(=O)N[C@]1(O)C(F)(F)F. The van der Waals surface area contributed by atoms with Crippen LogP contribution in [0.3, 0.4) is 0 Å². The first-order valence-corrected chi connectivity index (χ1v) is 9.30. The second-order valence-corrected chi connectivity index (χ2v) is 7.14. The minimum atomic E-state index is -5.36. The van der Waals surface area contributed by atoms with Crippen molar-refractivity contribution < 1.29 is 32.6 Å². The van der Waals surface area contributed by atoms with Crippen LogP contribution in [0.5, 0.6) is 0 Å². The molecule has 0 spiro atoms. The number of nitrogens with zero attached hydrogens (tertiary/aromatic N) is 4. The minimum Gasteiger partial charge on any atom is -0.466 e. The molecule has 10 nitrogen and oxygen atoms in total. The molecule has 0 radical (unpaired) electrons. The number of hydrogen-bond donors (Lipinski definition) is 3. The third-order valence-electron chi connectivity index (χ3n) is 4.79. The number of urea groups is 1. The monoisotopic (exact) mass is 442 g/mol. The van der Waals surface area contributed by atoms with Gasteiger partial charge in [0.05, 0.1) is 18.3 Å². The van der Waals surface area contributed by atoms with Gasteiger partial charge in [-0.3, -0.25) is 4.79 Å². The Morgan fingerprint density at radius 2 is 1.90 bits per heavy atom. The lowest BCUT2D eigenvalue weighted by Crippen LogP contribution is -2.73. The Hall–Kier alpha value is -3.22. The van der Waals surface area contributed by atoms with Crippen LogP contribution in [0.15, 0.2) is 12.3 Å². The Bertz CT molecular complexity index is 1000. The highest BCUT2D eigenvalue weighted by atomic mass is 19.4. The number of aromatic nitrogens is 4. The molecule has 0 saturated carbocycles. The molecule has 1 aliphatic rings. The van der Waals surface area contributed by atoms with Crippen LogP contribution < -0.4 is 10.6 Å². The third kappa shape index (κ3) is 4.04. The van der Waals surface area contributed by atoms with Gasteiger partial charge in [0.15, 0.2) is 0 Å². The number of rotatable bonds is 4. The normalized spacial score (nSPS) is 23.8. The number of halogens is 3. The van der Waals surface area contributed by atoms with Gasteiger partial charge in [-0.15, -0.1) is 0 Å². The first-order valence-electron chi connectivity index (χ1n) is 9.30. The average molecular weight is 442 g/mol. The van der Waals surface area contributed by atoms with Gasteiger partial charge in [0.25, 0.3) is 11.7 Å². The van der Waals surface area contributed by atoms with E-state index < -0.39 is 35.9 Å². The zero-order valence-electron chi connectivity index (χ0n) is 17.1. The molecule has 3 N–H and O–H groups in total. The van der Waals surface area contributed by atoms with E-state index in [4.69, 9.17) is 4.74 Å². The van der Waals surface area contributed by atoms with E-state index in [2.05, 4.69) is 20.4 Å². The standard InChI is InChI=1S/C18H21F3N6O4/c1-5-31-14(28)12-13(24-16(29)25-17(12,30)18(19,20)21)11-7-27(26-10(11)4)15-22-8(2)6-9(3)23-15/h6-7,12-13,30H,5H2,1-4H3,(H2,24,25,29)/t12-,13+,17+/m0/s1. The Labute approximate surface area is 174 Å². The number of hydrogen-bond acceptors (Lipinski definition) is 7. The molecule has 1 saturated heterocycles. The summed E-state index contributed by atoms with van der Waals surface area (Å²) in [5, 5.41) is 18.3. The predicted octanol–water partition coefficient (Wildman–Crippen LogP) is 1.37. The number of alkyl halides is 3. The third-order valence-corrected chi connectivity index (χ3v) is 4.79. The zero-order chi connectivity index (χ0) is 23.1. The van der Waals surface area contributed by atoms with Crippen LogP contribution in [0.25, 0.3) is 5.95 Å². The Balaban J connectivity index is 2.13. The fraction of sp³-hybridized carbons (Fsp3) is 0.500. The second kappa shape index (κ2) is 7.80. The molecule has 0 unspecified atom stereocenters. The largest absolute Gasteiger partial charge is 0.466 e. The van der Waals surface area contributed by atoms with Crippen LogP contribution in [0, 0.1) is 26.7 Å². The van der Waals surface area contributed by atoms with E-state index in [1.54, 1.807) is 19.9 Å². The molecule has 31 heavy (non-hydrogen) atoms. The second-order valence-electron chi connectivity index (χ2n) is 7.14. The molecule has 1 aliphatic heterocycles. The van der Waals surface area contributed by atoms with Crippen molar-refractivity contribution in [3.63, 3.8) is 0 Å². The maximum absolute atomic E-state index is 13.8. The van der Waals surface area contributed by atoms with E-state index in [1.165, 1.54) is 30.0 Å². The summed E-state index contributed by atoms with van der Waals surface area (Å²) >= 11 is 0. The van der Waals surface area contributed by atoms with E-state index in [0.717, 1.165) is 0 Å². The number of ether oxygens (including phenoxy) is 1. The summed E-state index contributed by atoms with van der Waals surface area (Å²) in [5.74, 6) is -3.41. The molecular formula is C18H21F3N6O4. The highest BCUT2D eigenvalue weighted by Gasteiger charge is 2.67. The summed E-state index contributed by atoms with van der Waals surface area (Å²) in [4.78, 5) is 33.0. The van der Waals surface area contributed by atoms with Gasteiger partial charge in [0.2, 0.25) is 0 Å². The fourth-order valence-corrected chi connectivity index (χ4v) is 3.49. The van der Waals surface area contributed by atoms with Gasteiger partial charge in [-0.25, -0.2) is 19.4 Å². The van der Waals surface area contributed by atoms with Crippen molar-refractivity contribution >= 4 is 12.0 Å². The molecule has 3 heterocycles. The summed E-state index contributed by atoms with van der Waals surface area (Å²) in [5.41, 5.74) is -2.30.